The number of aromatic hydroxyl groups is 2. The van der Waals surface area contributed by atoms with Crippen LogP contribution >= 0.6 is 0 Å². The highest BCUT2D eigenvalue weighted by Gasteiger charge is 2.48. The number of aliphatic hydroxyl groups excluding tert-OH is 3. The summed E-state index contributed by atoms with van der Waals surface area (Å²) in [6.07, 6.45) is 12.1. The molecule has 0 saturated heterocycles. The monoisotopic (exact) mass is 878 g/mol. The number of methoxy groups -OCH3 is 1. The molecule has 12 bridgehead atoms. The van der Waals surface area contributed by atoms with Crippen LogP contribution in [0.25, 0.3) is 11.1 Å². The van der Waals surface area contributed by atoms with E-state index in [1.165, 1.54) is 0 Å². The Morgan fingerprint density at radius 3 is 2.47 bits per heavy atom. The second kappa shape index (κ2) is 18.8. The van der Waals surface area contributed by atoms with Crippen LogP contribution in [0.2, 0.25) is 0 Å². The lowest BCUT2D eigenvalue weighted by molar-refractivity contribution is -0.0712. The van der Waals surface area contributed by atoms with Gasteiger partial charge in [-0.1, -0.05) is 45.4 Å². The van der Waals surface area contributed by atoms with Crippen LogP contribution in [0.1, 0.15) is 118 Å². The van der Waals surface area contributed by atoms with Crippen molar-refractivity contribution in [3.05, 3.63) is 76.4 Å². The molecule has 64 heavy (non-hydrogen) atoms. The van der Waals surface area contributed by atoms with Crippen LogP contribution in [0.5, 0.6) is 28.7 Å². The summed E-state index contributed by atoms with van der Waals surface area (Å²) in [4.78, 5) is 4.79. The molecule has 8 N–H and O–H groups in total. The number of benzene rings is 3. The predicted molar refractivity (Wildman–Crippen MR) is 249 cm³/mol. The van der Waals surface area contributed by atoms with Crippen LogP contribution in [0.3, 0.4) is 0 Å². The molecular weight excluding hydrogens is 807 g/mol. The Bertz CT molecular complexity index is 2220. The molecule has 4 aliphatic carbocycles. The fourth-order valence-corrected chi connectivity index (χ4v) is 12.9. The maximum atomic E-state index is 12.2. The van der Waals surface area contributed by atoms with E-state index in [9.17, 15) is 25.5 Å². The van der Waals surface area contributed by atoms with Crippen LogP contribution in [-0.2, 0) is 19.3 Å². The first-order valence-corrected chi connectivity index (χ1v) is 24.4. The smallest absolute Gasteiger partial charge is 0.188 e. The molecule has 0 spiro atoms. The molecule has 0 aromatic heterocycles. The number of nitrogens with one attached hydrogen (secondary N) is 1. The molecule has 5 heterocycles. The summed E-state index contributed by atoms with van der Waals surface area (Å²) in [6, 6.07) is 11.4. The topological polar surface area (TPSA) is 179 Å². The normalized spacial score (nSPS) is 32.5. The summed E-state index contributed by atoms with van der Waals surface area (Å²) < 4.78 is 20.1. The molecule has 2 fully saturated rings. The number of nitrogens with zero attached hydrogens (tertiary/aromatic N) is 1. The molecule has 346 valence electrons. The highest BCUT2D eigenvalue weighted by Crippen LogP contribution is 2.57. The Kier molecular flexibility index (Phi) is 13.1. The van der Waals surface area contributed by atoms with E-state index in [0.717, 1.165) is 91.2 Å². The minimum Gasteiger partial charge on any atom is -0.508 e. The minimum atomic E-state index is -0.899. The number of nitrogens with two attached hydrogens (primary N) is 1. The van der Waals surface area contributed by atoms with Crippen LogP contribution in [0.4, 0.5) is 0 Å². The number of fused-ring (bicyclic) bond motifs is 2. The van der Waals surface area contributed by atoms with Crippen LogP contribution in [-0.4, -0.2) is 76.6 Å². The summed E-state index contributed by atoms with van der Waals surface area (Å²) in [5.41, 5.74) is 13.3. The Labute approximate surface area is 379 Å². The van der Waals surface area contributed by atoms with Crippen molar-refractivity contribution in [1.29, 1.82) is 0 Å². The number of allylic oxidation sites excluding steroid dienone is 2. The lowest BCUT2D eigenvalue weighted by Crippen LogP contribution is -2.51. The maximum absolute atomic E-state index is 12.2. The summed E-state index contributed by atoms with van der Waals surface area (Å²) in [7, 11) is 1.70. The highest BCUT2D eigenvalue weighted by atomic mass is 16.5. The lowest BCUT2D eigenvalue weighted by Gasteiger charge is -2.49. The Morgan fingerprint density at radius 1 is 0.891 bits per heavy atom. The predicted octanol–water partition coefficient (Wildman–Crippen LogP) is 8.11. The van der Waals surface area contributed by atoms with Gasteiger partial charge in [0.1, 0.15) is 29.5 Å². The average Bonchev–Trinajstić information content (AvgIpc) is 3.27. The van der Waals surface area contributed by atoms with Gasteiger partial charge in [0.2, 0.25) is 0 Å². The molecule has 0 amide bonds. The Balaban J connectivity index is 1.14. The van der Waals surface area contributed by atoms with Gasteiger partial charge in [-0.15, -0.1) is 0 Å². The van der Waals surface area contributed by atoms with Crippen molar-refractivity contribution >= 4 is 5.96 Å². The molecule has 5 aliphatic heterocycles. The number of aliphatic imine (C=N–C) groups is 1. The third-order valence-electron chi connectivity index (χ3n) is 16.1. The number of phenolic OH excluding ortho intramolecular Hbond substituents is 2. The zero-order chi connectivity index (χ0) is 44.8. The van der Waals surface area contributed by atoms with Crippen molar-refractivity contribution in [1.82, 2.24) is 5.32 Å². The van der Waals surface area contributed by atoms with E-state index < -0.39 is 18.3 Å². The van der Waals surface area contributed by atoms with Crippen molar-refractivity contribution in [2.45, 2.75) is 128 Å². The largest absolute Gasteiger partial charge is 0.508 e. The van der Waals surface area contributed by atoms with Crippen LogP contribution in [0, 0.1) is 47.3 Å². The lowest BCUT2D eigenvalue weighted by atomic mass is 9.60. The fourth-order valence-electron chi connectivity index (χ4n) is 12.9. The number of phenols is 2. The number of ether oxygens (including phenoxy) is 3. The summed E-state index contributed by atoms with van der Waals surface area (Å²) >= 11 is 0. The fraction of sp³-hybridized carbons (Fsp3) is 0.604. The van der Waals surface area contributed by atoms with Gasteiger partial charge in [-0.25, -0.2) is 0 Å². The molecular formula is C53H71N3O8. The Morgan fingerprint density at radius 2 is 1.69 bits per heavy atom. The molecule has 12 rings (SSSR count). The van der Waals surface area contributed by atoms with Crippen LogP contribution < -0.4 is 25.3 Å². The van der Waals surface area contributed by atoms with Gasteiger partial charge in [0, 0.05) is 49.2 Å². The second-order valence-electron chi connectivity index (χ2n) is 20.5. The number of guanidine groups is 1. The van der Waals surface area contributed by atoms with Crippen molar-refractivity contribution in [2.75, 3.05) is 26.8 Å². The summed E-state index contributed by atoms with van der Waals surface area (Å²) in [6.45, 7) is 7.76. The van der Waals surface area contributed by atoms with Crippen LogP contribution in [0.15, 0.2) is 53.5 Å². The van der Waals surface area contributed by atoms with Crippen molar-refractivity contribution in [3.8, 4) is 39.9 Å². The van der Waals surface area contributed by atoms with E-state index in [1.54, 1.807) is 13.2 Å². The first kappa shape index (κ1) is 44.7. The van der Waals surface area contributed by atoms with Crippen molar-refractivity contribution in [2.24, 2.45) is 58.1 Å². The van der Waals surface area contributed by atoms with E-state index in [-0.39, 0.29) is 59.9 Å². The van der Waals surface area contributed by atoms with Gasteiger partial charge in [-0.05, 0) is 164 Å². The second-order valence-corrected chi connectivity index (χ2v) is 20.5. The van der Waals surface area contributed by atoms with E-state index >= 15 is 0 Å². The molecule has 0 radical (unpaired) electrons. The van der Waals surface area contributed by atoms with Gasteiger partial charge in [-0.3, -0.25) is 4.99 Å². The van der Waals surface area contributed by atoms with Gasteiger partial charge >= 0.3 is 0 Å². The van der Waals surface area contributed by atoms with Gasteiger partial charge in [0.05, 0.1) is 19.3 Å². The quantitative estimate of drug-likeness (QED) is 0.124. The SMILES string of the molecule is CC[C@H]1C[C@H]2C=C[C@@H]1C[C@H](O)CCCNC(N)=NC[C@@H]1CC[C@H]3CC[C@@H](CO)[C@@H]1[C@H]3Oc1cc(ccc1O)[C@@H]1Oc3cc(OC)c4c(c3C[C@H]1O)[C@@H]2Cc1cc(O)c(CC(C)C)cc1-4. The average molecular weight is 878 g/mol. The molecule has 3 aromatic rings. The third kappa shape index (κ3) is 8.69. The number of hydrogen-bond donors (Lipinski definition) is 7. The number of rotatable bonds is 5. The van der Waals surface area contributed by atoms with Gasteiger partial charge < -0.3 is 50.8 Å². The first-order chi connectivity index (χ1) is 30.9. The van der Waals surface area contributed by atoms with E-state index in [4.69, 9.17) is 24.9 Å². The maximum Gasteiger partial charge on any atom is 0.188 e. The van der Waals surface area contributed by atoms with Gasteiger partial charge in [-0.2, -0.15) is 0 Å². The molecule has 11 heteroatoms. The minimum absolute atomic E-state index is 0.0210. The third-order valence-corrected chi connectivity index (χ3v) is 16.1. The molecule has 11 nitrogen and oxygen atoms in total. The summed E-state index contributed by atoms with van der Waals surface area (Å²) in [5, 5.41) is 60.3. The zero-order valence-electron chi connectivity index (χ0n) is 38.2. The molecule has 0 unspecified atom stereocenters. The van der Waals surface area contributed by atoms with E-state index in [0.29, 0.717) is 78.7 Å². The van der Waals surface area contributed by atoms with E-state index in [2.05, 4.69) is 44.3 Å². The Hall–Kier alpha value is -4.45. The van der Waals surface area contributed by atoms with Gasteiger partial charge in [0.25, 0.3) is 0 Å². The summed E-state index contributed by atoms with van der Waals surface area (Å²) in [5.74, 6) is 4.10. The highest BCUT2D eigenvalue weighted by molar-refractivity contribution is 5.84. The molecule has 9 aliphatic rings. The first-order valence-electron chi connectivity index (χ1n) is 24.4. The van der Waals surface area contributed by atoms with Gasteiger partial charge in [0.15, 0.2) is 17.5 Å². The standard InChI is InChI=1S/C53H71N3O8/c1-5-29-18-32-11-10-31(29)19-38(58)7-6-16-55-53(54)56-26-34-12-8-30-9-13-35(27-57)48(34)52(30)64-46-23-33(14-15-42(46)59)51-44(61)24-41-45(63-51)25-47(62-4)50-40-21-37(17-28(2)3)43(60)22-36(40)20-39(32)49(41)50/h10-11,14-15,21-23,25,28-32,34-35,38-39,44,48,51-52,57-61H,5-9,12-13,16-20,24,26-27H2,1-4H3,(H3,54,55,56)/t29-,30-,31+,32+,34-,35-,38+,39+,44+,48+,51-,52-/m0/s1. The molecule has 2 saturated carbocycles. The zero-order valence-corrected chi connectivity index (χ0v) is 38.2. The molecule has 12 atom stereocenters. The van der Waals surface area contributed by atoms with Crippen molar-refractivity contribution in [3.63, 3.8) is 0 Å². The number of hydrogen-bond acceptors (Lipinski definition) is 11. The van der Waals surface area contributed by atoms with Crippen molar-refractivity contribution < 1.29 is 39.7 Å². The molecule has 3 aromatic carbocycles. The van der Waals surface area contributed by atoms with E-state index in [1.807, 2.05) is 24.3 Å². The number of aliphatic hydroxyl groups is 3.